The van der Waals surface area contributed by atoms with Gasteiger partial charge in [-0.2, -0.15) is 0 Å². The molecule has 1 heterocycles. The van der Waals surface area contributed by atoms with Gasteiger partial charge in [-0.1, -0.05) is 28.1 Å². The highest BCUT2D eigenvalue weighted by Crippen LogP contribution is 2.18. The van der Waals surface area contributed by atoms with Crippen molar-refractivity contribution in [2.45, 2.75) is 12.5 Å². The van der Waals surface area contributed by atoms with Crippen molar-refractivity contribution in [3.8, 4) is 0 Å². The molecule has 5 heteroatoms. The molecule has 0 spiro atoms. The van der Waals surface area contributed by atoms with E-state index in [4.69, 9.17) is 0 Å². The summed E-state index contributed by atoms with van der Waals surface area (Å²) in [5, 5.41) is 13.0. The molecule has 0 bridgehead atoms. The Morgan fingerprint density at radius 3 is 2.78 bits per heavy atom. The summed E-state index contributed by atoms with van der Waals surface area (Å²) in [7, 11) is 0. The molecule has 1 aromatic carbocycles. The second-order valence-electron chi connectivity index (χ2n) is 4.47. The van der Waals surface area contributed by atoms with E-state index in [0.717, 1.165) is 16.6 Å². The van der Waals surface area contributed by atoms with Crippen LogP contribution in [0.1, 0.15) is 18.1 Å². The van der Waals surface area contributed by atoms with Gasteiger partial charge in [-0.05, 0) is 17.7 Å². The van der Waals surface area contributed by atoms with Crippen LogP contribution < -0.4 is 5.32 Å². The maximum Gasteiger partial charge on any atom is 0.221 e. The van der Waals surface area contributed by atoms with E-state index < -0.39 is 6.10 Å². The van der Waals surface area contributed by atoms with Crippen molar-refractivity contribution < 1.29 is 9.90 Å². The van der Waals surface area contributed by atoms with Crippen LogP contribution in [0.5, 0.6) is 0 Å². The highest BCUT2D eigenvalue weighted by atomic mass is 79.9. The molecule has 1 amide bonds. The van der Waals surface area contributed by atoms with Crippen LogP contribution in [0.4, 0.5) is 0 Å². The summed E-state index contributed by atoms with van der Waals surface area (Å²) in [6.45, 7) is 2.72. The SMILES string of the molecule is O=C1CCN(CC(O)c2ccc(Br)cc2)CCN1. The minimum absolute atomic E-state index is 0.0932. The van der Waals surface area contributed by atoms with E-state index in [1.807, 2.05) is 24.3 Å². The lowest BCUT2D eigenvalue weighted by molar-refractivity contribution is -0.120. The first-order valence-corrected chi connectivity index (χ1v) is 6.87. The zero-order chi connectivity index (χ0) is 13.0. The molecule has 1 unspecified atom stereocenters. The Bertz CT molecular complexity index is 408. The van der Waals surface area contributed by atoms with Crippen LogP contribution in [-0.4, -0.2) is 42.1 Å². The van der Waals surface area contributed by atoms with E-state index in [0.29, 0.717) is 26.1 Å². The molecule has 98 valence electrons. The van der Waals surface area contributed by atoms with Crippen LogP contribution in [0.15, 0.2) is 28.7 Å². The summed E-state index contributed by atoms with van der Waals surface area (Å²) in [6.07, 6.45) is -0.00105. The first-order chi connectivity index (χ1) is 8.65. The lowest BCUT2D eigenvalue weighted by Gasteiger charge is -2.22. The molecule has 1 aliphatic heterocycles. The molecule has 1 saturated heterocycles. The molecular formula is C13H17BrN2O2. The third-order valence-corrected chi connectivity index (χ3v) is 3.62. The van der Waals surface area contributed by atoms with Gasteiger partial charge in [-0.15, -0.1) is 0 Å². The van der Waals surface area contributed by atoms with Crippen LogP contribution in [0.2, 0.25) is 0 Å². The summed E-state index contributed by atoms with van der Waals surface area (Å²) >= 11 is 3.37. The fourth-order valence-corrected chi connectivity index (χ4v) is 2.30. The Morgan fingerprint density at radius 2 is 2.06 bits per heavy atom. The summed E-state index contributed by atoms with van der Waals surface area (Å²) in [5.41, 5.74) is 0.904. The second-order valence-corrected chi connectivity index (χ2v) is 5.38. The fraction of sp³-hybridized carbons (Fsp3) is 0.462. The Hall–Kier alpha value is -0.910. The molecule has 4 nitrogen and oxygen atoms in total. The highest BCUT2D eigenvalue weighted by molar-refractivity contribution is 9.10. The van der Waals surface area contributed by atoms with Gasteiger partial charge in [-0.25, -0.2) is 0 Å². The number of carbonyl (C=O) groups is 1. The highest BCUT2D eigenvalue weighted by Gasteiger charge is 2.17. The summed E-state index contributed by atoms with van der Waals surface area (Å²) in [4.78, 5) is 13.3. The molecule has 0 saturated carbocycles. The first kappa shape index (κ1) is 13.5. The Morgan fingerprint density at radius 1 is 1.33 bits per heavy atom. The standard InChI is InChI=1S/C13H17BrN2O2/c14-11-3-1-10(2-4-11)12(17)9-16-7-5-13(18)15-6-8-16/h1-4,12,17H,5-9H2,(H,15,18). The van der Waals surface area contributed by atoms with Gasteiger partial charge in [0, 0.05) is 37.1 Å². The number of halogens is 1. The van der Waals surface area contributed by atoms with E-state index in [1.165, 1.54) is 0 Å². The molecule has 18 heavy (non-hydrogen) atoms. The van der Waals surface area contributed by atoms with Crippen molar-refractivity contribution in [2.75, 3.05) is 26.2 Å². The topological polar surface area (TPSA) is 52.6 Å². The van der Waals surface area contributed by atoms with Crippen LogP contribution in [0, 0.1) is 0 Å². The van der Waals surface area contributed by atoms with Crippen LogP contribution in [0.3, 0.4) is 0 Å². The van der Waals surface area contributed by atoms with Crippen molar-refractivity contribution >= 4 is 21.8 Å². The lowest BCUT2D eigenvalue weighted by atomic mass is 10.1. The minimum atomic E-state index is -0.508. The molecule has 0 aromatic heterocycles. The Kier molecular flexibility index (Phi) is 4.74. The predicted molar refractivity (Wildman–Crippen MR) is 73.2 cm³/mol. The average Bonchev–Trinajstić information content (AvgIpc) is 2.55. The fourth-order valence-electron chi connectivity index (χ4n) is 2.03. The molecule has 1 aromatic rings. The monoisotopic (exact) mass is 312 g/mol. The van der Waals surface area contributed by atoms with Gasteiger partial charge in [0.05, 0.1) is 6.10 Å². The third-order valence-electron chi connectivity index (χ3n) is 3.09. The van der Waals surface area contributed by atoms with Crippen molar-refractivity contribution in [1.29, 1.82) is 0 Å². The zero-order valence-electron chi connectivity index (χ0n) is 10.1. The van der Waals surface area contributed by atoms with E-state index >= 15 is 0 Å². The summed E-state index contributed by atoms with van der Waals surface area (Å²) < 4.78 is 1.00. The van der Waals surface area contributed by atoms with Gasteiger partial charge in [0.25, 0.3) is 0 Å². The molecule has 0 radical (unpaired) electrons. The molecule has 2 N–H and O–H groups in total. The number of aliphatic hydroxyl groups is 1. The molecule has 2 rings (SSSR count). The van der Waals surface area contributed by atoms with E-state index in [1.54, 1.807) is 0 Å². The van der Waals surface area contributed by atoms with Crippen molar-refractivity contribution in [2.24, 2.45) is 0 Å². The van der Waals surface area contributed by atoms with Gasteiger partial charge < -0.3 is 10.4 Å². The van der Waals surface area contributed by atoms with Gasteiger partial charge in [0.1, 0.15) is 0 Å². The molecule has 1 fully saturated rings. The van der Waals surface area contributed by atoms with E-state index in [-0.39, 0.29) is 5.91 Å². The van der Waals surface area contributed by atoms with Gasteiger partial charge in [0.15, 0.2) is 0 Å². The lowest BCUT2D eigenvalue weighted by Crippen LogP contribution is -2.32. The number of nitrogens with zero attached hydrogens (tertiary/aromatic N) is 1. The van der Waals surface area contributed by atoms with E-state index in [9.17, 15) is 9.90 Å². The third kappa shape index (κ3) is 3.80. The van der Waals surface area contributed by atoms with Crippen molar-refractivity contribution in [3.63, 3.8) is 0 Å². The molecule has 0 aliphatic carbocycles. The minimum Gasteiger partial charge on any atom is -0.387 e. The average molecular weight is 313 g/mol. The van der Waals surface area contributed by atoms with E-state index in [2.05, 4.69) is 26.1 Å². The van der Waals surface area contributed by atoms with Crippen molar-refractivity contribution in [3.05, 3.63) is 34.3 Å². The molecular weight excluding hydrogens is 296 g/mol. The van der Waals surface area contributed by atoms with Gasteiger partial charge in [0.2, 0.25) is 5.91 Å². The summed E-state index contributed by atoms with van der Waals surface area (Å²) in [5.74, 6) is 0.0932. The largest absolute Gasteiger partial charge is 0.387 e. The number of rotatable bonds is 3. The first-order valence-electron chi connectivity index (χ1n) is 6.08. The number of carbonyl (C=O) groups excluding carboxylic acids is 1. The number of aliphatic hydroxyl groups excluding tert-OH is 1. The van der Waals surface area contributed by atoms with Crippen molar-refractivity contribution in [1.82, 2.24) is 10.2 Å². The Labute approximate surface area is 115 Å². The number of β-amino-alcohol motifs (C(OH)–C–C–N with tert-alkyl or cyclic N) is 1. The Balaban J connectivity index is 1.92. The summed E-state index contributed by atoms with van der Waals surface area (Å²) in [6, 6.07) is 7.67. The quantitative estimate of drug-likeness (QED) is 0.884. The van der Waals surface area contributed by atoms with Gasteiger partial charge in [-0.3, -0.25) is 9.69 Å². The number of nitrogens with one attached hydrogen (secondary N) is 1. The normalized spacial score (nSPS) is 19.1. The number of amides is 1. The smallest absolute Gasteiger partial charge is 0.221 e. The number of hydrogen-bond acceptors (Lipinski definition) is 3. The number of benzene rings is 1. The second kappa shape index (κ2) is 6.31. The van der Waals surface area contributed by atoms with Crippen LogP contribution in [0.25, 0.3) is 0 Å². The van der Waals surface area contributed by atoms with Crippen LogP contribution in [-0.2, 0) is 4.79 Å². The van der Waals surface area contributed by atoms with Gasteiger partial charge >= 0.3 is 0 Å². The maximum absolute atomic E-state index is 11.2. The maximum atomic E-state index is 11.2. The molecule has 1 aliphatic rings. The number of hydrogen-bond donors (Lipinski definition) is 2. The zero-order valence-corrected chi connectivity index (χ0v) is 11.7. The predicted octanol–water partition coefficient (Wildman–Crippen LogP) is 1.30. The van der Waals surface area contributed by atoms with Crippen LogP contribution >= 0.6 is 15.9 Å². The molecule has 1 atom stereocenters.